The van der Waals surface area contributed by atoms with Gasteiger partial charge in [-0.05, 0) is 33.8 Å². The Bertz CT molecular complexity index is 779. The molecular formula is C17H23F2N5O3. The van der Waals surface area contributed by atoms with Gasteiger partial charge in [-0.15, -0.1) is 0 Å². The first-order chi connectivity index (χ1) is 12.5. The van der Waals surface area contributed by atoms with Gasteiger partial charge in [0.1, 0.15) is 35.5 Å². The Morgan fingerprint density at radius 3 is 2.63 bits per heavy atom. The summed E-state index contributed by atoms with van der Waals surface area (Å²) >= 11 is 0. The first kappa shape index (κ1) is 20.7. The predicted octanol–water partition coefficient (Wildman–Crippen LogP) is 1.86. The molecule has 0 saturated heterocycles. The van der Waals surface area contributed by atoms with Gasteiger partial charge in [0.15, 0.2) is 0 Å². The van der Waals surface area contributed by atoms with Crippen LogP contribution in [-0.4, -0.2) is 37.6 Å². The molecule has 1 heterocycles. The van der Waals surface area contributed by atoms with Gasteiger partial charge in [-0.1, -0.05) is 6.07 Å². The number of nitrogens with zero attached hydrogens (tertiary/aromatic N) is 3. The fourth-order valence-corrected chi connectivity index (χ4v) is 2.45. The van der Waals surface area contributed by atoms with Crippen molar-refractivity contribution in [1.82, 2.24) is 25.6 Å². The number of carbonyl (C=O) groups is 1. The van der Waals surface area contributed by atoms with E-state index in [1.807, 2.05) is 0 Å². The molecule has 0 saturated carbocycles. The molecule has 0 radical (unpaired) electrons. The number of aromatic nitrogens is 3. The SMILES string of the molecule is C[C@@H](NNC(=O)OC(C)(C)C)[C@](O)(Cn1cncn1)c1ccc(F)cc1F. The van der Waals surface area contributed by atoms with Crippen molar-refractivity contribution < 1.29 is 23.4 Å². The first-order valence-electron chi connectivity index (χ1n) is 8.26. The zero-order valence-corrected chi connectivity index (χ0v) is 15.5. The maximum absolute atomic E-state index is 14.4. The molecule has 0 fully saturated rings. The standard InChI is InChI=1S/C17H23F2N5O3/c1-11(22-23-15(25)27-16(2,3)4)17(26,8-24-10-20-9-21-24)13-6-5-12(18)7-14(13)19/h5-7,9-11,22,26H,8H2,1-4H3,(H,23,25)/t11-,17-/m1/s1. The highest BCUT2D eigenvalue weighted by Gasteiger charge is 2.39. The Hall–Kier alpha value is -2.59. The number of hydrogen-bond donors (Lipinski definition) is 3. The summed E-state index contributed by atoms with van der Waals surface area (Å²) in [6.45, 7) is 6.43. The van der Waals surface area contributed by atoms with Gasteiger partial charge in [0, 0.05) is 11.6 Å². The average Bonchev–Trinajstić information content (AvgIpc) is 3.03. The number of halogens is 2. The molecule has 1 aromatic heterocycles. The van der Waals surface area contributed by atoms with Crippen LogP contribution in [0.5, 0.6) is 0 Å². The van der Waals surface area contributed by atoms with E-state index in [4.69, 9.17) is 4.74 Å². The number of hydrazine groups is 1. The van der Waals surface area contributed by atoms with E-state index in [1.54, 1.807) is 20.8 Å². The lowest BCUT2D eigenvalue weighted by Gasteiger charge is -2.35. The third-order valence-electron chi connectivity index (χ3n) is 3.77. The van der Waals surface area contributed by atoms with Crippen LogP contribution in [0.25, 0.3) is 0 Å². The molecule has 3 N–H and O–H groups in total. The third-order valence-corrected chi connectivity index (χ3v) is 3.77. The van der Waals surface area contributed by atoms with Crippen molar-refractivity contribution in [2.24, 2.45) is 0 Å². The van der Waals surface area contributed by atoms with Crippen molar-refractivity contribution in [3.05, 3.63) is 48.1 Å². The molecular weight excluding hydrogens is 360 g/mol. The van der Waals surface area contributed by atoms with E-state index in [0.29, 0.717) is 6.07 Å². The van der Waals surface area contributed by atoms with Gasteiger partial charge in [-0.2, -0.15) is 5.10 Å². The van der Waals surface area contributed by atoms with Crippen LogP contribution < -0.4 is 10.9 Å². The molecule has 10 heteroatoms. The van der Waals surface area contributed by atoms with Gasteiger partial charge in [0.25, 0.3) is 0 Å². The van der Waals surface area contributed by atoms with E-state index >= 15 is 0 Å². The zero-order chi connectivity index (χ0) is 20.2. The Labute approximate surface area is 155 Å². The summed E-state index contributed by atoms with van der Waals surface area (Å²) in [5.41, 5.74) is 2.15. The summed E-state index contributed by atoms with van der Waals surface area (Å²) in [6, 6.07) is 1.95. The summed E-state index contributed by atoms with van der Waals surface area (Å²) in [5.74, 6) is -1.70. The normalized spacial score (nSPS) is 15.1. The van der Waals surface area contributed by atoms with Crippen LogP contribution in [0.15, 0.2) is 30.9 Å². The van der Waals surface area contributed by atoms with Gasteiger partial charge < -0.3 is 9.84 Å². The maximum Gasteiger partial charge on any atom is 0.422 e. The number of rotatable bonds is 6. The van der Waals surface area contributed by atoms with E-state index < -0.39 is 35.0 Å². The molecule has 1 amide bonds. The second kappa shape index (κ2) is 7.97. The second-order valence-corrected chi connectivity index (χ2v) is 7.13. The van der Waals surface area contributed by atoms with Gasteiger partial charge in [0.05, 0.1) is 12.6 Å². The van der Waals surface area contributed by atoms with Gasteiger partial charge >= 0.3 is 6.09 Å². The molecule has 0 aliphatic carbocycles. The summed E-state index contributed by atoms with van der Waals surface area (Å²) in [5, 5.41) is 15.1. The number of aliphatic hydroxyl groups is 1. The molecule has 148 valence electrons. The fraction of sp³-hybridized carbons (Fsp3) is 0.471. The lowest BCUT2D eigenvalue weighted by Crippen LogP contribution is -2.56. The molecule has 2 aromatic rings. The molecule has 0 aliphatic rings. The molecule has 0 spiro atoms. The van der Waals surface area contributed by atoms with E-state index in [2.05, 4.69) is 20.9 Å². The van der Waals surface area contributed by atoms with Crippen LogP contribution in [0.3, 0.4) is 0 Å². The minimum atomic E-state index is -1.89. The molecule has 0 bridgehead atoms. The summed E-state index contributed by atoms with van der Waals surface area (Å²) in [4.78, 5) is 15.6. The van der Waals surface area contributed by atoms with Crippen LogP contribution in [0, 0.1) is 11.6 Å². The first-order valence-corrected chi connectivity index (χ1v) is 8.26. The molecule has 2 atom stereocenters. The third kappa shape index (κ3) is 5.44. The number of benzene rings is 1. The minimum Gasteiger partial charge on any atom is -0.443 e. The lowest BCUT2D eigenvalue weighted by atomic mass is 9.86. The second-order valence-electron chi connectivity index (χ2n) is 7.13. The smallest absolute Gasteiger partial charge is 0.422 e. The molecule has 8 nitrogen and oxygen atoms in total. The van der Waals surface area contributed by atoms with Gasteiger partial charge in [0.2, 0.25) is 0 Å². The predicted molar refractivity (Wildman–Crippen MR) is 92.2 cm³/mol. The molecule has 2 rings (SSSR count). The lowest BCUT2D eigenvalue weighted by molar-refractivity contribution is -0.0258. The van der Waals surface area contributed by atoms with Gasteiger partial charge in [-0.3, -0.25) is 5.43 Å². The zero-order valence-electron chi connectivity index (χ0n) is 15.5. The van der Waals surface area contributed by atoms with Crippen molar-refractivity contribution >= 4 is 6.09 Å². The van der Waals surface area contributed by atoms with E-state index in [0.717, 1.165) is 12.1 Å². The largest absolute Gasteiger partial charge is 0.443 e. The highest BCUT2D eigenvalue weighted by atomic mass is 19.1. The van der Waals surface area contributed by atoms with Gasteiger partial charge in [-0.25, -0.2) is 28.7 Å². The quantitative estimate of drug-likeness (QED) is 0.659. The Morgan fingerprint density at radius 1 is 1.37 bits per heavy atom. The number of nitrogens with one attached hydrogen (secondary N) is 2. The maximum atomic E-state index is 14.4. The Balaban J connectivity index is 2.25. The molecule has 27 heavy (non-hydrogen) atoms. The number of ether oxygens (including phenoxy) is 1. The summed E-state index contributed by atoms with van der Waals surface area (Å²) in [6.07, 6.45) is 1.84. The van der Waals surface area contributed by atoms with E-state index in [1.165, 1.54) is 24.3 Å². The molecule has 0 unspecified atom stereocenters. The van der Waals surface area contributed by atoms with Crippen molar-refractivity contribution in [2.45, 2.75) is 51.5 Å². The van der Waals surface area contributed by atoms with Crippen molar-refractivity contribution in [1.29, 1.82) is 0 Å². The van der Waals surface area contributed by atoms with E-state index in [9.17, 15) is 18.7 Å². The van der Waals surface area contributed by atoms with Crippen LogP contribution in [-0.2, 0) is 16.9 Å². The van der Waals surface area contributed by atoms with Crippen LogP contribution in [0.2, 0.25) is 0 Å². The molecule has 1 aromatic carbocycles. The monoisotopic (exact) mass is 383 g/mol. The molecule has 0 aliphatic heterocycles. The van der Waals surface area contributed by atoms with Crippen molar-refractivity contribution in [3.63, 3.8) is 0 Å². The summed E-state index contributed by atoms with van der Waals surface area (Å²) in [7, 11) is 0. The van der Waals surface area contributed by atoms with Crippen LogP contribution >= 0.6 is 0 Å². The number of carbonyl (C=O) groups excluding carboxylic acids is 1. The Morgan fingerprint density at radius 2 is 2.07 bits per heavy atom. The highest BCUT2D eigenvalue weighted by molar-refractivity contribution is 5.67. The van der Waals surface area contributed by atoms with Crippen molar-refractivity contribution in [3.8, 4) is 0 Å². The number of hydrogen-bond acceptors (Lipinski definition) is 6. The summed E-state index contributed by atoms with van der Waals surface area (Å²) < 4.78 is 34.1. The Kier molecular flexibility index (Phi) is 6.11. The van der Waals surface area contributed by atoms with Crippen LogP contribution in [0.1, 0.15) is 33.3 Å². The van der Waals surface area contributed by atoms with E-state index in [-0.39, 0.29) is 12.1 Å². The average molecular weight is 383 g/mol. The van der Waals surface area contributed by atoms with Crippen molar-refractivity contribution in [2.75, 3.05) is 0 Å². The fourth-order valence-electron chi connectivity index (χ4n) is 2.45. The number of amides is 1. The topological polar surface area (TPSA) is 101 Å². The minimum absolute atomic E-state index is 0.162. The van der Waals surface area contributed by atoms with Crippen LogP contribution in [0.4, 0.5) is 13.6 Å². The highest BCUT2D eigenvalue weighted by Crippen LogP contribution is 2.29.